The fourth-order valence-electron chi connectivity index (χ4n) is 0.606. The summed E-state index contributed by atoms with van der Waals surface area (Å²) in [5, 5.41) is 0. The van der Waals surface area contributed by atoms with Crippen molar-refractivity contribution in [2.75, 3.05) is 0 Å². The molecule has 0 spiro atoms. The number of hydrogen-bond donors (Lipinski definition) is 0. The Balaban J connectivity index is -0.000000213. The Hall–Kier alpha value is -0.510. The number of halogens is 4. The van der Waals surface area contributed by atoms with Crippen LogP contribution in [0, 0.1) is 6.92 Å². The van der Waals surface area contributed by atoms with Crippen LogP contribution in [0.2, 0.25) is 0 Å². The molecule has 0 aliphatic rings. The molecule has 0 nitrogen and oxygen atoms in total. The third-order valence-electron chi connectivity index (χ3n) is 0.980. The highest BCUT2D eigenvalue weighted by molar-refractivity contribution is 9.10. The zero-order valence-electron chi connectivity index (χ0n) is 5.82. The molecule has 0 fully saturated rings. The number of benzene rings is 1. The lowest BCUT2D eigenvalue weighted by atomic mass is 10.2. The highest BCUT2D eigenvalue weighted by Gasteiger charge is 1.82. The summed E-state index contributed by atoms with van der Waals surface area (Å²) in [4.78, 5) is 0. The third-order valence-corrected chi connectivity index (χ3v) is 1.47. The summed E-state index contributed by atoms with van der Waals surface area (Å²) in [6.07, 6.45) is 0. The van der Waals surface area contributed by atoms with E-state index in [-0.39, 0.29) is 14.1 Å². The SMILES string of the molecule is Cc1cccc(Br)c1.[F-].[F-].[F-]. The zero-order chi connectivity index (χ0) is 5.98. The minimum atomic E-state index is 0. The number of aryl methyl sites for hydroxylation is 1. The van der Waals surface area contributed by atoms with Crippen molar-refractivity contribution >= 4 is 15.9 Å². The van der Waals surface area contributed by atoms with Crippen LogP contribution in [0.4, 0.5) is 0 Å². The quantitative estimate of drug-likeness (QED) is 0.414. The Morgan fingerprint density at radius 1 is 1.09 bits per heavy atom. The molecule has 1 aromatic carbocycles. The maximum absolute atomic E-state index is 3.36. The summed E-state index contributed by atoms with van der Waals surface area (Å²) in [7, 11) is 0. The van der Waals surface area contributed by atoms with Crippen molar-refractivity contribution in [1.82, 2.24) is 0 Å². The van der Waals surface area contributed by atoms with Gasteiger partial charge in [0.15, 0.2) is 0 Å². The molecule has 11 heavy (non-hydrogen) atoms. The van der Waals surface area contributed by atoms with Gasteiger partial charge in [-0.2, -0.15) is 0 Å². The molecule has 0 atom stereocenters. The zero-order valence-corrected chi connectivity index (χ0v) is 7.41. The molecule has 0 saturated heterocycles. The molecule has 1 rings (SSSR count). The highest BCUT2D eigenvalue weighted by atomic mass is 79.9. The lowest BCUT2D eigenvalue weighted by Crippen LogP contribution is -3.00. The first-order valence-electron chi connectivity index (χ1n) is 2.51. The van der Waals surface area contributed by atoms with Crippen LogP contribution in [0.1, 0.15) is 5.56 Å². The van der Waals surface area contributed by atoms with Gasteiger partial charge in [-0.05, 0) is 19.1 Å². The molecule has 0 unspecified atom stereocenters. The molecule has 1 aromatic rings. The average Bonchev–Trinajstić information content (AvgIpc) is 1.64. The van der Waals surface area contributed by atoms with Crippen LogP contribution in [0.5, 0.6) is 0 Å². The fraction of sp³-hybridized carbons (Fsp3) is 0.143. The van der Waals surface area contributed by atoms with Gasteiger partial charge in [-0.3, -0.25) is 0 Å². The first kappa shape index (κ1) is 16.8. The van der Waals surface area contributed by atoms with Crippen LogP contribution in [0.25, 0.3) is 0 Å². The van der Waals surface area contributed by atoms with Gasteiger partial charge in [-0.1, -0.05) is 33.6 Å². The molecular weight excluding hydrogens is 221 g/mol. The predicted molar refractivity (Wildman–Crippen MR) is 38.9 cm³/mol. The second-order valence-corrected chi connectivity index (χ2v) is 2.71. The third kappa shape index (κ3) is 5.91. The maximum Gasteiger partial charge on any atom is 0.0177 e. The van der Waals surface area contributed by atoms with Gasteiger partial charge in [-0.15, -0.1) is 0 Å². The van der Waals surface area contributed by atoms with Gasteiger partial charge in [0.2, 0.25) is 0 Å². The molecule has 4 heteroatoms. The largest absolute Gasteiger partial charge is 1.00 e. The van der Waals surface area contributed by atoms with E-state index in [9.17, 15) is 0 Å². The van der Waals surface area contributed by atoms with Gasteiger partial charge in [0.1, 0.15) is 0 Å². The lowest BCUT2D eigenvalue weighted by molar-refractivity contribution is -0.00100. The van der Waals surface area contributed by atoms with Crippen molar-refractivity contribution in [3.05, 3.63) is 34.3 Å². The summed E-state index contributed by atoms with van der Waals surface area (Å²) >= 11 is 3.36. The van der Waals surface area contributed by atoms with E-state index in [1.807, 2.05) is 12.1 Å². The standard InChI is InChI=1S/C7H7Br.3FH/c1-6-3-2-4-7(8)5-6;;;/h2-5H,1H3;3*1H/p-3. The second kappa shape index (κ2) is 7.60. The predicted octanol–water partition coefficient (Wildman–Crippen LogP) is -6.23. The molecule has 0 bridgehead atoms. The summed E-state index contributed by atoms with van der Waals surface area (Å²) in [6, 6.07) is 8.21. The Kier molecular flexibility index (Phi) is 11.6. The van der Waals surface area contributed by atoms with Crippen LogP contribution >= 0.6 is 15.9 Å². The molecule has 0 aliphatic carbocycles. The summed E-state index contributed by atoms with van der Waals surface area (Å²) < 4.78 is 1.15. The van der Waals surface area contributed by atoms with Gasteiger partial charge in [0, 0.05) is 4.47 Å². The van der Waals surface area contributed by atoms with Gasteiger partial charge in [0.25, 0.3) is 0 Å². The lowest BCUT2D eigenvalue weighted by Gasteiger charge is -1.89. The Labute approximate surface area is 71.8 Å². The van der Waals surface area contributed by atoms with E-state index in [2.05, 4.69) is 35.0 Å². The minimum absolute atomic E-state index is 0. The molecule has 66 valence electrons. The van der Waals surface area contributed by atoms with E-state index in [1.165, 1.54) is 5.56 Å². The maximum atomic E-state index is 3.36. The van der Waals surface area contributed by atoms with Crippen molar-refractivity contribution in [3.8, 4) is 0 Å². The van der Waals surface area contributed by atoms with Crippen LogP contribution in [0.3, 0.4) is 0 Å². The van der Waals surface area contributed by atoms with E-state index < -0.39 is 0 Å². The summed E-state index contributed by atoms with van der Waals surface area (Å²) in [6.45, 7) is 2.07. The minimum Gasteiger partial charge on any atom is -1.00 e. The van der Waals surface area contributed by atoms with Crippen LogP contribution in [-0.4, -0.2) is 0 Å². The van der Waals surface area contributed by atoms with Crippen molar-refractivity contribution < 1.29 is 14.1 Å². The molecule has 0 heterocycles. The van der Waals surface area contributed by atoms with E-state index in [0.717, 1.165) is 4.47 Å². The Morgan fingerprint density at radius 2 is 1.64 bits per heavy atom. The van der Waals surface area contributed by atoms with Crippen molar-refractivity contribution in [1.29, 1.82) is 0 Å². The number of hydrogen-bond acceptors (Lipinski definition) is 0. The normalized spacial score (nSPS) is 6.73. The van der Waals surface area contributed by atoms with E-state index in [1.54, 1.807) is 0 Å². The number of rotatable bonds is 0. The van der Waals surface area contributed by atoms with E-state index in [0.29, 0.717) is 0 Å². The first-order chi connectivity index (χ1) is 3.79. The molecular formula is C7H7BrF3-3. The second-order valence-electron chi connectivity index (χ2n) is 1.80. The fourth-order valence-corrected chi connectivity index (χ4v) is 1.12. The van der Waals surface area contributed by atoms with E-state index in [4.69, 9.17) is 0 Å². The molecule has 0 saturated carbocycles. The van der Waals surface area contributed by atoms with Gasteiger partial charge >= 0.3 is 0 Å². The van der Waals surface area contributed by atoms with Gasteiger partial charge < -0.3 is 14.1 Å². The van der Waals surface area contributed by atoms with Crippen LogP contribution < -0.4 is 14.1 Å². The van der Waals surface area contributed by atoms with Crippen LogP contribution in [0.15, 0.2) is 28.7 Å². The molecule has 0 aromatic heterocycles. The van der Waals surface area contributed by atoms with Crippen molar-refractivity contribution in [3.63, 3.8) is 0 Å². The molecule has 0 aliphatic heterocycles. The Bertz CT molecular complexity index is 174. The monoisotopic (exact) mass is 227 g/mol. The first-order valence-corrected chi connectivity index (χ1v) is 3.30. The molecule has 0 amide bonds. The molecule has 0 N–H and O–H groups in total. The molecule has 0 radical (unpaired) electrons. The van der Waals surface area contributed by atoms with Crippen molar-refractivity contribution in [2.24, 2.45) is 0 Å². The Morgan fingerprint density at radius 3 is 1.91 bits per heavy atom. The summed E-state index contributed by atoms with van der Waals surface area (Å²) in [5.41, 5.74) is 1.29. The van der Waals surface area contributed by atoms with E-state index >= 15 is 0 Å². The van der Waals surface area contributed by atoms with Crippen LogP contribution in [-0.2, 0) is 0 Å². The van der Waals surface area contributed by atoms with Gasteiger partial charge in [0.05, 0.1) is 0 Å². The topological polar surface area (TPSA) is 0 Å². The summed E-state index contributed by atoms with van der Waals surface area (Å²) in [5.74, 6) is 0. The van der Waals surface area contributed by atoms with Gasteiger partial charge in [-0.25, -0.2) is 0 Å². The average molecular weight is 228 g/mol. The van der Waals surface area contributed by atoms with Crippen molar-refractivity contribution in [2.45, 2.75) is 6.92 Å². The smallest absolute Gasteiger partial charge is 0.0177 e. The highest BCUT2D eigenvalue weighted by Crippen LogP contribution is 2.09.